The molecule has 3 rings (SSSR count). The third-order valence-corrected chi connectivity index (χ3v) is 4.95. The van der Waals surface area contributed by atoms with Crippen LogP contribution in [0.2, 0.25) is 0 Å². The molecule has 0 saturated heterocycles. The maximum Gasteiger partial charge on any atom is 0.277 e. The lowest BCUT2D eigenvalue weighted by atomic mass is 10.0. The molecule has 0 fully saturated rings. The third kappa shape index (κ3) is 4.52. The van der Waals surface area contributed by atoms with Gasteiger partial charge in [-0.25, -0.2) is 4.39 Å². The van der Waals surface area contributed by atoms with Crippen LogP contribution in [0, 0.1) is 5.82 Å². The second-order valence-corrected chi connectivity index (χ2v) is 6.96. The first-order valence-electron chi connectivity index (χ1n) is 9.86. The molecule has 1 N–H and O–H groups in total. The van der Waals surface area contributed by atoms with E-state index in [-0.39, 0.29) is 37.1 Å². The van der Waals surface area contributed by atoms with Crippen molar-refractivity contribution in [2.75, 3.05) is 33.4 Å². The summed E-state index contributed by atoms with van der Waals surface area (Å²) in [5.41, 5.74) is 2.01. The van der Waals surface area contributed by atoms with Gasteiger partial charge in [-0.3, -0.25) is 14.5 Å². The number of hydrogen-bond donors (Lipinski definition) is 1. The first kappa shape index (κ1) is 21.5. The standard InChI is InChI=1S/C23H25FN2O4/c1-3-30-19-10-6-17(7-11-19)20-21(25(2)14-15-27)23(29)26(22(20)28)13-12-16-4-8-18(24)9-5-16/h4-11,27H,3,12-15H2,1-2H3. The molecule has 1 heterocycles. The lowest BCUT2D eigenvalue weighted by molar-refractivity contribution is -0.137. The Kier molecular flexibility index (Phi) is 6.84. The van der Waals surface area contributed by atoms with Gasteiger partial charge in [-0.15, -0.1) is 0 Å². The van der Waals surface area contributed by atoms with Gasteiger partial charge in [0.2, 0.25) is 0 Å². The number of amides is 2. The molecular weight excluding hydrogens is 387 g/mol. The summed E-state index contributed by atoms with van der Waals surface area (Å²) in [5.74, 6) is -0.440. The number of likely N-dealkylation sites (N-methyl/N-ethyl adjacent to an activating group) is 1. The van der Waals surface area contributed by atoms with Crippen molar-refractivity contribution in [3.05, 3.63) is 71.2 Å². The molecule has 1 aliphatic heterocycles. The molecule has 2 aromatic carbocycles. The largest absolute Gasteiger partial charge is 0.494 e. The van der Waals surface area contributed by atoms with Gasteiger partial charge in [0.25, 0.3) is 11.8 Å². The Morgan fingerprint density at radius 3 is 2.30 bits per heavy atom. The predicted molar refractivity (Wildman–Crippen MR) is 111 cm³/mol. The smallest absolute Gasteiger partial charge is 0.277 e. The van der Waals surface area contributed by atoms with Gasteiger partial charge >= 0.3 is 0 Å². The van der Waals surface area contributed by atoms with E-state index in [1.165, 1.54) is 17.0 Å². The fourth-order valence-electron chi connectivity index (χ4n) is 3.42. The molecule has 0 aliphatic carbocycles. The first-order chi connectivity index (χ1) is 14.5. The summed E-state index contributed by atoms with van der Waals surface area (Å²) >= 11 is 0. The normalized spacial score (nSPS) is 13.9. The summed E-state index contributed by atoms with van der Waals surface area (Å²) in [6.45, 7) is 2.67. The van der Waals surface area contributed by atoms with E-state index in [1.54, 1.807) is 48.3 Å². The van der Waals surface area contributed by atoms with Gasteiger partial charge in [-0.05, 0) is 48.7 Å². The van der Waals surface area contributed by atoms with Crippen molar-refractivity contribution in [2.24, 2.45) is 0 Å². The highest BCUT2D eigenvalue weighted by Crippen LogP contribution is 2.32. The fourth-order valence-corrected chi connectivity index (χ4v) is 3.42. The van der Waals surface area contributed by atoms with E-state index in [2.05, 4.69) is 0 Å². The van der Waals surface area contributed by atoms with E-state index >= 15 is 0 Å². The number of benzene rings is 2. The molecule has 0 aromatic heterocycles. The number of aliphatic hydroxyl groups is 1. The van der Waals surface area contributed by atoms with Gasteiger partial charge in [0, 0.05) is 20.1 Å². The van der Waals surface area contributed by atoms with E-state index in [9.17, 15) is 19.1 Å². The zero-order valence-corrected chi connectivity index (χ0v) is 17.1. The average Bonchev–Trinajstić information content (AvgIpc) is 2.98. The lowest BCUT2D eigenvalue weighted by Crippen LogP contribution is -2.36. The van der Waals surface area contributed by atoms with Gasteiger partial charge in [-0.1, -0.05) is 24.3 Å². The maximum absolute atomic E-state index is 13.2. The van der Waals surface area contributed by atoms with Crippen LogP contribution in [0.3, 0.4) is 0 Å². The highest BCUT2D eigenvalue weighted by Gasteiger charge is 2.40. The number of carbonyl (C=O) groups excluding carboxylic acids is 2. The van der Waals surface area contributed by atoms with Crippen molar-refractivity contribution in [1.29, 1.82) is 0 Å². The Morgan fingerprint density at radius 1 is 1.03 bits per heavy atom. The van der Waals surface area contributed by atoms with Crippen LogP contribution in [0.1, 0.15) is 18.1 Å². The summed E-state index contributed by atoms with van der Waals surface area (Å²) in [6.07, 6.45) is 0.422. The van der Waals surface area contributed by atoms with Crippen molar-refractivity contribution in [2.45, 2.75) is 13.3 Å². The van der Waals surface area contributed by atoms with Crippen LogP contribution in [-0.4, -0.2) is 60.1 Å². The number of ether oxygens (including phenoxy) is 1. The summed E-state index contributed by atoms with van der Waals surface area (Å²) in [6, 6.07) is 13.0. The molecule has 0 radical (unpaired) electrons. The molecule has 30 heavy (non-hydrogen) atoms. The zero-order chi connectivity index (χ0) is 21.7. The number of hydrogen-bond acceptors (Lipinski definition) is 5. The van der Waals surface area contributed by atoms with E-state index in [4.69, 9.17) is 4.74 Å². The van der Waals surface area contributed by atoms with E-state index < -0.39 is 5.91 Å². The second kappa shape index (κ2) is 9.54. The number of rotatable bonds is 9. The van der Waals surface area contributed by atoms with Crippen molar-refractivity contribution in [1.82, 2.24) is 9.80 Å². The van der Waals surface area contributed by atoms with Crippen LogP contribution in [0.4, 0.5) is 4.39 Å². The van der Waals surface area contributed by atoms with Crippen molar-refractivity contribution < 1.29 is 23.8 Å². The van der Waals surface area contributed by atoms with E-state index in [0.29, 0.717) is 29.9 Å². The summed E-state index contributed by atoms with van der Waals surface area (Å²) in [7, 11) is 1.68. The molecule has 0 spiro atoms. The molecule has 0 unspecified atom stereocenters. The quantitative estimate of drug-likeness (QED) is 0.641. The number of aliphatic hydroxyl groups excluding tert-OH is 1. The maximum atomic E-state index is 13.2. The topological polar surface area (TPSA) is 70.1 Å². The van der Waals surface area contributed by atoms with Crippen LogP contribution in [0.15, 0.2) is 54.2 Å². The molecule has 7 heteroatoms. The van der Waals surface area contributed by atoms with Crippen molar-refractivity contribution in [3.63, 3.8) is 0 Å². The predicted octanol–water partition coefficient (Wildman–Crippen LogP) is 2.47. The molecule has 0 atom stereocenters. The van der Waals surface area contributed by atoms with Crippen LogP contribution in [-0.2, 0) is 16.0 Å². The summed E-state index contributed by atoms with van der Waals surface area (Å²) in [4.78, 5) is 29.1. The summed E-state index contributed by atoms with van der Waals surface area (Å²) in [5, 5.41) is 9.32. The SMILES string of the molecule is CCOc1ccc(C2=C(N(C)CCO)C(=O)N(CCc3ccc(F)cc3)C2=O)cc1. The van der Waals surface area contributed by atoms with Gasteiger partial charge in [-0.2, -0.15) is 0 Å². The molecule has 0 bridgehead atoms. The minimum absolute atomic E-state index is 0.145. The molecule has 158 valence electrons. The lowest BCUT2D eigenvalue weighted by Gasteiger charge is -2.20. The monoisotopic (exact) mass is 412 g/mol. The van der Waals surface area contributed by atoms with Crippen LogP contribution < -0.4 is 4.74 Å². The second-order valence-electron chi connectivity index (χ2n) is 6.96. The minimum atomic E-state index is -0.401. The molecule has 1 aliphatic rings. The average molecular weight is 412 g/mol. The molecule has 0 saturated carbocycles. The Hall–Kier alpha value is -3.19. The third-order valence-electron chi connectivity index (χ3n) is 4.95. The highest BCUT2D eigenvalue weighted by molar-refractivity contribution is 6.35. The van der Waals surface area contributed by atoms with E-state index in [0.717, 1.165) is 5.56 Å². The number of imide groups is 1. The van der Waals surface area contributed by atoms with Gasteiger partial charge in [0.15, 0.2) is 0 Å². The zero-order valence-electron chi connectivity index (χ0n) is 17.1. The Labute approximate surface area is 175 Å². The molecular formula is C23H25FN2O4. The Balaban J connectivity index is 1.88. The fraction of sp³-hybridized carbons (Fsp3) is 0.304. The van der Waals surface area contributed by atoms with Crippen LogP contribution in [0.25, 0.3) is 5.57 Å². The van der Waals surface area contributed by atoms with Gasteiger partial charge in [0.1, 0.15) is 17.3 Å². The molecule has 6 nitrogen and oxygen atoms in total. The molecule has 2 amide bonds. The number of carbonyl (C=O) groups is 2. The van der Waals surface area contributed by atoms with Crippen molar-refractivity contribution in [3.8, 4) is 5.75 Å². The van der Waals surface area contributed by atoms with Crippen molar-refractivity contribution >= 4 is 17.4 Å². The first-order valence-corrected chi connectivity index (χ1v) is 9.86. The van der Waals surface area contributed by atoms with Crippen LogP contribution >= 0.6 is 0 Å². The minimum Gasteiger partial charge on any atom is -0.494 e. The van der Waals surface area contributed by atoms with Gasteiger partial charge < -0.3 is 14.7 Å². The number of halogens is 1. The number of nitrogens with zero attached hydrogens (tertiary/aromatic N) is 2. The Morgan fingerprint density at radius 2 is 1.70 bits per heavy atom. The Bertz CT molecular complexity index is 939. The van der Waals surface area contributed by atoms with Gasteiger partial charge in [0.05, 0.1) is 18.8 Å². The highest BCUT2D eigenvalue weighted by atomic mass is 19.1. The summed E-state index contributed by atoms with van der Waals surface area (Å²) < 4.78 is 18.6. The molecule has 2 aromatic rings. The van der Waals surface area contributed by atoms with E-state index in [1.807, 2.05) is 6.92 Å². The van der Waals surface area contributed by atoms with Crippen LogP contribution in [0.5, 0.6) is 5.75 Å².